The molecule has 1 N–H and O–H groups in total. The van der Waals surface area contributed by atoms with Crippen LogP contribution in [-0.2, 0) is 0 Å². The van der Waals surface area contributed by atoms with Crippen molar-refractivity contribution < 1.29 is 9.21 Å². The van der Waals surface area contributed by atoms with Gasteiger partial charge in [-0.15, -0.1) is 11.6 Å². The van der Waals surface area contributed by atoms with Crippen LogP contribution in [0.4, 0.5) is 0 Å². The monoisotopic (exact) mass is 270 g/mol. The maximum Gasteiger partial charge on any atom is 0.289 e. The van der Waals surface area contributed by atoms with Gasteiger partial charge in [0.1, 0.15) is 0 Å². The predicted molar refractivity (Wildman–Crippen MR) is 69.9 cm³/mol. The third kappa shape index (κ3) is 2.69. The number of nitrogens with one attached hydrogen (secondary N) is 1. The molecule has 5 heteroatoms. The lowest BCUT2D eigenvalue weighted by Crippen LogP contribution is -2.37. The Kier molecular flexibility index (Phi) is 3.95. The Bertz CT molecular complexity index is 436. The summed E-state index contributed by atoms with van der Waals surface area (Å²) in [5.41, 5.74) is 0.705. The number of halogens is 1. The van der Waals surface area contributed by atoms with Gasteiger partial charge in [-0.3, -0.25) is 4.79 Å². The number of nitrogens with zero attached hydrogens (tertiary/aromatic N) is 1. The molecule has 1 saturated carbocycles. The van der Waals surface area contributed by atoms with Gasteiger partial charge in [0.2, 0.25) is 5.76 Å². The summed E-state index contributed by atoms with van der Waals surface area (Å²) in [5, 5.41) is 2.93. The minimum absolute atomic E-state index is 0.0696. The summed E-state index contributed by atoms with van der Waals surface area (Å²) in [6.07, 6.45) is 4.57. The fourth-order valence-corrected chi connectivity index (χ4v) is 2.93. The van der Waals surface area contributed by atoms with E-state index in [-0.39, 0.29) is 11.3 Å². The minimum Gasteiger partial charge on any atom is -0.436 e. The number of aryl methyl sites for hydroxylation is 2. The quantitative estimate of drug-likeness (QED) is 0.856. The maximum absolute atomic E-state index is 12.0. The Balaban J connectivity index is 1.98. The Morgan fingerprint density at radius 2 is 2.11 bits per heavy atom. The second-order valence-corrected chi connectivity index (χ2v) is 5.44. The first-order valence-electron chi connectivity index (χ1n) is 6.34. The number of oxazole rings is 1. The molecule has 1 aromatic heterocycles. The summed E-state index contributed by atoms with van der Waals surface area (Å²) in [4.78, 5) is 16.1. The lowest BCUT2D eigenvalue weighted by molar-refractivity contribution is 0.0905. The van der Waals surface area contributed by atoms with Gasteiger partial charge in [0.15, 0.2) is 5.89 Å². The van der Waals surface area contributed by atoms with E-state index in [0.717, 1.165) is 12.8 Å². The number of alkyl halides is 1. The standard InChI is InChI=1S/C13H19ClN2O2/c1-9-11(18-10(2)16-9)12(17)15-8-13(7-14)5-3-4-6-13/h3-8H2,1-2H3,(H,15,17). The highest BCUT2D eigenvalue weighted by Crippen LogP contribution is 2.38. The van der Waals surface area contributed by atoms with Crippen molar-refractivity contribution in [2.75, 3.05) is 12.4 Å². The zero-order valence-corrected chi connectivity index (χ0v) is 11.6. The van der Waals surface area contributed by atoms with E-state index in [1.54, 1.807) is 13.8 Å². The molecule has 1 aliphatic rings. The van der Waals surface area contributed by atoms with Crippen LogP contribution in [0, 0.1) is 19.3 Å². The van der Waals surface area contributed by atoms with Crippen molar-refractivity contribution in [2.24, 2.45) is 5.41 Å². The first-order valence-corrected chi connectivity index (χ1v) is 6.88. The van der Waals surface area contributed by atoms with Crippen LogP contribution in [0.1, 0.15) is 47.8 Å². The molecule has 1 heterocycles. The first-order chi connectivity index (χ1) is 8.56. The summed E-state index contributed by atoms with van der Waals surface area (Å²) in [5.74, 6) is 1.24. The molecule has 1 aliphatic carbocycles. The van der Waals surface area contributed by atoms with Gasteiger partial charge in [0, 0.05) is 24.8 Å². The minimum atomic E-state index is -0.190. The van der Waals surface area contributed by atoms with E-state index in [0.29, 0.717) is 29.8 Å². The lowest BCUT2D eigenvalue weighted by Gasteiger charge is -2.26. The van der Waals surface area contributed by atoms with Gasteiger partial charge < -0.3 is 9.73 Å². The highest BCUT2D eigenvalue weighted by atomic mass is 35.5. The van der Waals surface area contributed by atoms with Crippen molar-refractivity contribution in [1.82, 2.24) is 10.3 Å². The summed E-state index contributed by atoms with van der Waals surface area (Å²) in [7, 11) is 0. The van der Waals surface area contributed by atoms with Gasteiger partial charge in [-0.05, 0) is 19.8 Å². The zero-order chi connectivity index (χ0) is 13.2. The molecular formula is C13H19ClN2O2. The van der Waals surface area contributed by atoms with E-state index < -0.39 is 0 Å². The van der Waals surface area contributed by atoms with Gasteiger partial charge in [-0.25, -0.2) is 4.98 Å². The SMILES string of the molecule is Cc1nc(C)c(C(=O)NCC2(CCl)CCCC2)o1. The Morgan fingerprint density at radius 3 is 2.61 bits per heavy atom. The molecule has 0 spiro atoms. The van der Waals surface area contributed by atoms with E-state index in [9.17, 15) is 4.79 Å². The predicted octanol–water partition coefficient (Wildman–Crippen LogP) is 2.82. The number of aromatic nitrogens is 1. The van der Waals surface area contributed by atoms with Gasteiger partial charge in [-0.1, -0.05) is 12.8 Å². The van der Waals surface area contributed by atoms with Gasteiger partial charge in [0.25, 0.3) is 5.91 Å². The van der Waals surface area contributed by atoms with E-state index in [2.05, 4.69) is 10.3 Å². The van der Waals surface area contributed by atoms with E-state index in [1.165, 1.54) is 12.8 Å². The fraction of sp³-hybridized carbons (Fsp3) is 0.692. The van der Waals surface area contributed by atoms with Crippen molar-refractivity contribution in [2.45, 2.75) is 39.5 Å². The molecule has 0 aliphatic heterocycles. The molecule has 0 unspecified atom stereocenters. The molecular weight excluding hydrogens is 252 g/mol. The third-order valence-corrected chi connectivity index (χ3v) is 4.25. The van der Waals surface area contributed by atoms with Gasteiger partial charge in [-0.2, -0.15) is 0 Å². The molecule has 1 aromatic rings. The second-order valence-electron chi connectivity index (χ2n) is 5.17. The summed E-state index contributed by atoms with van der Waals surface area (Å²) >= 11 is 6.04. The molecule has 0 aromatic carbocycles. The molecule has 2 rings (SSSR count). The van der Waals surface area contributed by atoms with Crippen molar-refractivity contribution >= 4 is 17.5 Å². The zero-order valence-electron chi connectivity index (χ0n) is 10.9. The smallest absolute Gasteiger partial charge is 0.289 e. The molecule has 4 nitrogen and oxygen atoms in total. The van der Waals surface area contributed by atoms with Crippen LogP contribution in [0.2, 0.25) is 0 Å². The summed E-state index contributed by atoms with van der Waals surface area (Å²) in [6, 6.07) is 0. The molecule has 1 amide bonds. The highest BCUT2D eigenvalue weighted by Gasteiger charge is 2.33. The second kappa shape index (κ2) is 5.31. The van der Waals surface area contributed by atoms with Crippen molar-refractivity contribution in [3.8, 4) is 0 Å². The lowest BCUT2D eigenvalue weighted by atomic mass is 9.88. The van der Waals surface area contributed by atoms with Crippen LogP contribution in [0.3, 0.4) is 0 Å². The van der Waals surface area contributed by atoms with Crippen LogP contribution < -0.4 is 5.32 Å². The van der Waals surface area contributed by atoms with Crippen LogP contribution in [0.5, 0.6) is 0 Å². The van der Waals surface area contributed by atoms with Gasteiger partial charge in [0.05, 0.1) is 5.69 Å². The van der Waals surface area contributed by atoms with Crippen LogP contribution in [0.25, 0.3) is 0 Å². The summed E-state index contributed by atoms with van der Waals surface area (Å²) < 4.78 is 5.30. The van der Waals surface area contributed by atoms with Gasteiger partial charge >= 0.3 is 0 Å². The van der Waals surface area contributed by atoms with Crippen LogP contribution in [0.15, 0.2) is 4.42 Å². The molecule has 0 radical (unpaired) electrons. The van der Waals surface area contributed by atoms with Crippen LogP contribution >= 0.6 is 11.6 Å². The Morgan fingerprint density at radius 1 is 1.44 bits per heavy atom. The molecule has 0 saturated heterocycles. The number of carbonyl (C=O) groups is 1. The van der Waals surface area contributed by atoms with Crippen molar-refractivity contribution in [1.29, 1.82) is 0 Å². The van der Waals surface area contributed by atoms with Crippen LogP contribution in [-0.4, -0.2) is 23.3 Å². The van der Waals surface area contributed by atoms with Crippen molar-refractivity contribution in [3.63, 3.8) is 0 Å². The fourth-order valence-electron chi connectivity index (χ4n) is 2.57. The maximum atomic E-state index is 12.0. The van der Waals surface area contributed by atoms with Crippen molar-refractivity contribution in [3.05, 3.63) is 17.3 Å². The number of amides is 1. The molecule has 0 atom stereocenters. The normalized spacial score (nSPS) is 17.9. The number of hydrogen-bond donors (Lipinski definition) is 1. The van der Waals surface area contributed by atoms with E-state index in [1.807, 2.05) is 0 Å². The average molecular weight is 271 g/mol. The van der Waals surface area contributed by atoms with E-state index in [4.69, 9.17) is 16.0 Å². The molecule has 18 heavy (non-hydrogen) atoms. The molecule has 0 bridgehead atoms. The first kappa shape index (κ1) is 13.4. The molecule has 1 fully saturated rings. The largest absolute Gasteiger partial charge is 0.436 e. The Labute approximate surface area is 112 Å². The average Bonchev–Trinajstić information content (AvgIpc) is 2.94. The number of carbonyl (C=O) groups excluding carboxylic acids is 1. The number of rotatable bonds is 4. The third-order valence-electron chi connectivity index (χ3n) is 3.68. The highest BCUT2D eigenvalue weighted by molar-refractivity contribution is 6.18. The topological polar surface area (TPSA) is 55.1 Å². The molecule has 100 valence electrons. The number of hydrogen-bond acceptors (Lipinski definition) is 3. The summed E-state index contributed by atoms with van der Waals surface area (Å²) in [6.45, 7) is 4.13. The Hall–Kier alpha value is -1.03. The van der Waals surface area contributed by atoms with E-state index >= 15 is 0 Å².